The van der Waals surface area contributed by atoms with Gasteiger partial charge in [0, 0.05) is 50.0 Å². The van der Waals surface area contributed by atoms with E-state index in [1.165, 1.54) is 22.1 Å². The average molecular weight is 766 g/mol. The SMILES string of the molecule is CC(C)c1ccnc(-n2c3[c-]c(Oc4ccc5ccc(C(C)C)c(O)c5n4)cc(C(C)C)c3c3ccc(C(C)C)cc32)c1.[Pt]. The minimum Gasteiger partial charge on any atom is -0.505 e. The third-order valence-electron chi connectivity index (χ3n) is 8.44. The van der Waals surface area contributed by atoms with Crippen LogP contribution in [0.1, 0.15) is 101 Å². The number of fused-ring (bicyclic) bond motifs is 4. The van der Waals surface area contributed by atoms with Gasteiger partial charge in [-0.1, -0.05) is 90.6 Å². The van der Waals surface area contributed by atoms with E-state index in [0.29, 0.717) is 29.0 Å². The summed E-state index contributed by atoms with van der Waals surface area (Å²) >= 11 is 0. The number of hydrogen-bond donors (Lipinski definition) is 1. The second-order valence-corrected chi connectivity index (χ2v) is 12.8. The molecule has 0 bridgehead atoms. The van der Waals surface area contributed by atoms with Gasteiger partial charge in [0.15, 0.2) is 0 Å². The van der Waals surface area contributed by atoms with E-state index in [9.17, 15) is 5.11 Å². The molecule has 3 heterocycles. The maximum Gasteiger partial charge on any atom is 0.217 e. The molecule has 6 heteroatoms. The van der Waals surface area contributed by atoms with Crippen LogP contribution < -0.4 is 4.74 Å². The van der Waals surface area contributed by atoms with Gasteiger partial charge in [0.2, 0.25) is 5.88 Å². The molecule has 5 nitrogen and oxygen atoms in total. The number of rotatable bonds is 7. The summed E-state index contributed by atoms with van der Waals surface area (Å²) in [5, 5.41) is 14.2. The number of aromatic hydroxyl groups is 1. The molecule has 1 N–H and O–H groups in total. The summed E-state index contributed by atoms with van der Waals surface area (Å²) in [7, 11) is 0. The van der Waals surface area contributed by atoms with Gasteiger partial charge in [-0.25, -0.2) is 9.97 Å². The molecule has 0 aliphatic carbocycles. The van der Waals surface area contributed by atoms with Gasteiger partial charge in [-0.15, -0.1) is 17.7 Å². The minimum absolute atomic E-state index is 0. The Labute approximate surface area is 274 Å². The first kappa shape index (κ1) is 31.7. The van der Waals surface area contributed by atoms with Crippen molar-refractivity contribution in [2.45, 2.75) is 79.1 Å². The molecule has 0 saturated heterocycles. The van der Waals surface area contributed by atoms with Crippen LogP contribution in [0.2, 0.25) is 0 Å². The molecular formula is C38H40N3O2Pt-. The van der Waals surface area contributed by atoms with Gasteiger partial charge in [-0.05, 0) is 70.0 Å². The van der Waals surface area contributed by atoms with Crippen LogP contribution in [0.25, 0.3) is 38.5 Å². The van der Waals surface area contributed by atoms with Crippen LogP contribution in [0, 0.1) is 6.07 Å². The number of aromatic nitrogens is 3. The van der Waals surface area contributed by atoms with Crippen molar-refractivity contribution >= 4 is 32.7 Å². The molecule has 0 amide bonds. The maximum absolute atomic E-state index is 11.0. The summed E-state index contributed by atoms with van der Waals surface area (Å²) in [6, 6.07) is 24.5. The fourth-order valence-corrected chi connectivity index (χ4v) is 5.91. The topological polar surface area (TPSA) is 60.2 Å². The van der Waals surface area contributed by atoms with Crippen LogP contribution in [0.15, 0.2) is 66.9 Å². The Morgan fingerprint density at radius 1 is 0.750 bits per heavy atom. The molecular weight excluding hydrogens is 726 g/mol. The number of pyridine rings is 2. The molecule has 0 radical (unpaired) electrons. The summed E-state index contributed by atoms with van der Waals surface area (Å²) in [6.07, 6.45) is 1.90. The Balaban J connectivity index is 0.00000384. The molecule has 0 fully saturated rings. The maximum atomic E-state index is 11.0. The van der Waals surface area contributed by atoms with Gasteiger partial charge in [0.25, 0.3) is 0 Å². The Bertz CT molecular complexity index is 1990. The van der Waals surface area contributed by atoms with Crippen molar-refractivity contribution in [3.63, 3.8) is 0 Å². The second-order valence-electron chi connectivity index (χ2n) is 12.8. The number of hydrogen-bond acceptors (Lipinski definition) is 4. The Hall–Kier alpha value is -3.69. The van der Waals surface area contributed by atoms with Gasteiger partial charge < -0.3 is 14.4 Å². The normalized spacial score (nSPS) is 11.9. The number of phenols is 1. The van der Waals surface area contributed by atoms with E-state index < -0.39 is 0 Å². The van der Waals surface area contributed by atoms with Gasteiger partial charge in [-0.3, -0.25) is 0 Å². The molecule has 6 aromatic rings. The predicted octanol–water partition coefficient (Wildman–Crippen LogP) is 10.5. The summed E-state index contributed by atoms with van der Waals surface area (Å²) in [5.41, 5.74) is 7.14. The van der Waals surface area contributed by atoms with Crippen LogP contribution in [0.4, 0.5) is 0 Å². The molecule has 44 heavy (non-hydrogen) atoms. The zero-order chi connectivity index (χ0) is 30.6. The monoisotopic (exact) mass is 765 g/mol. The van der Waals surface area contributed by atoms with Crippen molar-refractivity contribution in [2.24, 2.45) is 0 Å². The summed E-state index contributed by atoms with van der Waals surface area (Å²) < 4.78 is 8.67. The third kappa shape index (κ3) is 5.63. The van der Waals surface area contributed by atoms with Crippen LogP contribution in [0.3, 0.4) is 0 Å². The second kappa shape index (κ2) is 12.4. The van der Waals surface area contributed by atoms with Crippen molar-refractivity contribution < 1.29 is 30.9 Å². The van der Waals surface area contributed by atoms with Gasteiger partial charge in [0.1, 0.15) is 17.1 Å². The summed E-state index contributed by atoms with van der Waals surface area (Å²) in [5.74, 6) is 3.25. The van der Waals surface area contributed by atoms with Crippen molar-refractivity contribution in [2.75, 3.05) is 0 Å². The van der Waals surface area contributed by atoms with E-state index in [1.807, 2.05) is 30.5 Å². The molecule has 0 saturated carbocycles. The average Bonchev–Trinajstić information content (AvgIpc) is 3.30. The molecule has 3 aromatic heterocycles. The van der Waals surface area contributed by atoms with Crippen molar-refractivity contribution in [1.29, 1.82) is 0 Å². The van der Waals surface area contributed by atoms with Crippen LogP contribution in [0.5, 0.6) is 17.4 Å². The zero-order valence-corrected chi connectivity index (χ0v) is 28.9. The van der Waals surface area contributed by atoms with E-state index in [2.05, 4.69) is 102 Å². The summed E-state index contributed by atoms with van der Waals surface area (Å²) in [6.45, 7) is 17.4. The largest absolute Gasteiger partial charge is 0.505 e. The van der Waals surface area contributed by atoms with Gasteiger partial charge in [-0.2, -0.15) is 0 Å². The van der Waals surface area contributed by atoms with Gasteiger partial charge >= 0.3 is 0 Å². The van der Waals surface area contributed by atoms with Crippen LogP contribution in [-0.4, -0.2) is 19.6 Å². The Morgan fingerprint density at radius 2 is 1.43 bits per heavy atom. The number of nitrogens with zero attached hydrogens (tertiary/aromatic N) is 3. The van der Waals surface area contributed by atoms with E-state index in [4.69, 9.17) is 14.7 Å². The molecule has 3 aromatic carbocycles. The van der Waals surface area contributed by atoms with Crippen molar-refractivity contribution in [3.05, 3.63) is 95.2 Å². The van der Waals surface area contributed by atoms with Gasteiger partial charge in [0.05, 0.1) is 0 Å². The molecule has 230 valence electrons. The van der Waals surface area contributed by atoms with Crippen LogP contribution >= 0.6 is 0 Å². The fraction of sp³-hybridized carbons (Fsp3) is 0.316. The smallest absolute Gasteiger partial charge is 0.217 e. The van der Waals surface area contributed by atoms with Crippen molar-refractivity contribution in [1.82, 2.24) is 14.5 Å². The first-order chi connectivity index (χ1) is 20.5. The zero-order valence-electron chi connectivity index (χ0n) is 26.7. The third-order valence-corrected chi connectivity index (χ3v) is 8.44. The van der Waals surface area contributed by atoms with E-state index in [0.717, 1.165) is 33.2 Å². The number of phenolic OH excluding ortho intramolecular Hbond substituents is 1. The Morgan fingerprint density at radius 3 is 2.11 bits per heavy atom. The molecule has 0 unspecified atom stereocenters. The number of benzene rings is 3. The standard InChI is InChI=1S/C38H40N3O2.Pt/c1-21(2)26-10-13-30-32(17-26)41(34-18-27(22(3)4)15-16-39-34)33-20-28(19-31(24(7)8)36(30)33)43-35-14-11-25-9-12-29(23(5)6)38(42)37(25)40-35;/h9-19,21-24,42H,1-8H3;/q-1;. The predicted molar refractivity (Wildman–Crippen MR) is 177 cm³/mol. The molecule has 0 aliphatic heterocycles. The quantitative estimate of drug-likeness (QED) is 0.165. The van der Waals surface area contributed by atoms with E-state index >= 15 is 0 Å². The van der Waals surface area contributed by atoms with E-state index in [1.54, 1.807) is 0 Å². The molecule has 0 atom stereocenters. The molecule has 6 rings (SSSR count). The number of ether oxygens (including phenoxy) is 1. The van der Waals surface area contributed by atoms with E-state index in [-0.39, 0.29) is 38.7 Å². The minimum atomic E-state index is 0. The van der Waals surface area contributed by atoms with Crippen LogP contribution in [-0.2, 0) is 21.1 Å². The first-order valence-corrected chi connectivity index (χ1v) is 15.3. The first-order valence-electron chi connectivity index (χ1n) is 15.3. The fourth-order valence-electron chi connectivity index (χ4n) is 5.91. The van der Waals surface area contributed by atoms with Crippen molar-refractivity contribution in [3.8, 4) is 23.2 Å². The molecule has 0 aliphatic rings. The summed E-state index contributed by atoms with van der Waals surface area (Å²) in [4.78, 5) is 9.60. The Kier molecular flexibility index (Phi) is 8.91. The molecule has 0 spiro atoms.